The summed E-state index contributed by atoms with van der Waals surface area (Å²) >= 11 is 0. The third-order valence-electron chi connectivity index (χ3n) is 2.17. The molecule has 7 heteroatoms. The Labute approximate surface area is 121 Å². The fourth-order valence-corrected chi connectivity index (χ4v) is 1.96. The fraction of sp³-hybridized carbons (Fsp3) is 0.692. The zero-order chi connectivity index (χ0) is 15.3. The van der Waals surface area contributed by atoms with E-state index in [1.807, 2.05) is 6.92 Å². The molecule has 0 saturated heterocycles. The van der Waals surface area contributed by atoms with Crippen LogP contribution in [0.1, 0.15) is 19.8 Å². The summed E-state index contributed by atoms with van der Waals surface area (Å²) in [6.45, 7) is 10.0. The molecule has 20 heavy (non-hydrogen) atoms. The largest absolute Gasteiger partial charge is 0.472 e. The second-order valence-electron chi connectivity index (χ2n) is 4.02. The third-order valence-corrected chi connectivity index (χ3v) is 3.15. The van der Waals surface area contributed by atoms with Crippen LogP contribution in [0.15, 0.2) is 25.3 Å². The van der Waals surface area contributed by atoms with Crippen molar-refractivity contribution in [2.75, 3.05) is 33.0 Å². The Hall–Kier alpha value is -0.490. The molecule has 2 atom stereocenters. The van der Waals surface area contributed by atoms with Gasteiger partial charge >= 0.3 is 7.82 Å². The lowest BCUT2D eigenvalue weighted by Gasteiger charge is -2.19. The maximum absolute atomic E-state index is 11.6. The van der Waals surface area contributed by atoms with E-state index in [4.69, 9.17) is 18.5 Å². The van der Waals surface area contributed by atoms with Gasteiger partial charge in [-0.3, -0.25) is 9.05 Å². The van der Waals surface area contributed by atoms with Gasteiger partial charge in [0.2, 0.25) is 0 Å². The van der Waals surface area contributed by atoms with Crippen molar-refractivity contribution in [1.82, 2.24) is 0 Å². The van der Waals surface area contributed by atoms with E-state index in [1.165, 1.54) is 0 Å². The average molecular weight is 308 g/mol. The van der Waals surface area contributed by atoms with Crippen molar-refractivity contribution < 1.29 is 28.0 Å². The van der Waals surface area contributed by atoms with Crippen LogP contribution in [-0.4, -0.2) is 44.0 Å². The minimum atomic E-state index is -4.03. The lowest BCUT2D eigenvalue weighted by atomic mass is 10.4. The van der Waals surface area contributed by atoms with E-state index in [1.54, 1.807) is 12.2 Å². The van der Waals surface area contributed by atoms with Crippen molar-refractivity contribution in [2.45, 2.75) is 25.9 Å². The van der Waals surface area contributed by atoms with Gasteiger partial charge in [0.15, 0.2) is 0 Å². The van der Waals surface area contributed by atoms with Gasteiger partial charge in [0.05, 0.1) is 33.0 Å². The van der Waals surface area contributed by atoms with Crippen molar-refractivity contribution in [1.29, 1.82) is 0 Å². The normalized spacial score (nSPS) is 15.5. The molecule has 0 aliphatic rings. The number of hydrogen-bond acceptors (Lipinski definition) is 5. The molecule has 0 amide bonds. The van der Waals surface area contributed by atoms with Crippen molar-refractivity contribution in [3.05, 3.63) is 25.3 Å². The molecule has 6 nitrogen and oxygen atoms in total. The summed E-state index contributed by atoms with van der Waals surface area (Å²) in [6.07, 6.45) is 4.29. The van der Waals surface area contributed by atoms with Crippen LogP contribution < -0.4 is 0 Å². The highest BCUT2D eigenvalue weighted by Gasteiger charge is 2.23. The maximum Gasteiger partial charge on any atom is 0.472 e. The molecule has 0 aromatic carbocycles. The molecule has 0 spiro atoms. The van der Waals surface area contributed by atoms with Crippen LogP contribution in [0.3, 0.4) is 0 Å². The summed E-state index contributed by atoms with van der Waals surface area (Å²) in [7, 11) is -4.03. The molecule has 0 fully saturated rings. The number of hydrogen-bond donors (Lipinski definition) is 1. The molecule has 0 aromatic heterocycles. The van der Waals surface area contributed by atoms with Crippen molar-refractivity contribution in [3.8, 4) is 0 Å². The maximum atomic E-state index is 11.6. The summed E-state index contributed by atoms with van der Waals surface area (Å²) in [5, 5.41) is 0. The molecule has 0 heterocycles. The summed E-state index contributed by atoms with van der Waals surface area (Å²) < 4.78 is 31.9. The number of rotatable bonds is 14. The van der Waals surface area contributed by atoms with Gasteiger partial charge in [-0.25, -0.2) is 4.57 Å². The molecule has 0 aromatic rings. The zero-order valence-electron chi connectivity index (χ0n) is 12.0. The van der Waals surface area contributed by atoms with E-state index >= 15 is 0 Å². The quantitative estimate of drug-likeness (QED) is 0.302. The van der Waals surface area contributed by atoms with Crippen LogP contribution in [0.4, 0.5) is 0 Å². The Morgan fingerprint density at radius 1 is 1.20 bits per heavy atom. The SMILES string of the molecule is C=CCOCC(COP(=O)(O)OCCCC)OCC=C. The molecule has 0 aliphatic carbocycles. The highest BCUT2D eigenvalue weighted by Crippen LogP contribution is 2.43. The van der Waals surface area contributed by atoms with Crippen molar-refractivity contribution >= 4 is 7.82 Å². The van der Waals surface area contributed by atoms with Gasteiger partial charge < -0.3 is 14.4 Å². The number of phosphoric acid groups is 1. The third kappa shape index (κ3) is 11.3. The summed E-state index contributed by atoms with van der Waals surface area (Å²) in [6, 6.07) is 0. The predicted octanol–water partition coefficient (Wildman–Crippen LogP) is 2.69. The molecule has 0 radical (unpaired) electrons. The Bertz CT molecular complexity index is 307. The van der Waals surface area contributed by atoms with Gasteiger partial charge in [0.1, 0.15) is 6.10 Å². The molecule has 1 N–H and O–H groups in total. The van der Waals surface area contributed by atoms with Gasteiger partial charge in [-0.05, 0) is 6.42 Å². The Morgan fingerprint density at radius 3 is 2.50 bits per heavy atom. The van der Waals surface area contributed by atoms with Crippen LogP contribution in [0, 0.1) is 0 Å². The standard InChI is InChI=1S/C13H25O6P/c1-4-7-10-18-20(14,15)19-12-13(17-9-6-3)11-16-8-5-2/h5-6,13H,2-4,7-12H2,1H3,(H,14,15). The van der Waals surface area contributed by atoms with Crippen molar-refractivity contribution in [2.24, 2.45) is 0 Å². The molecule has 0 rings (SSSR count). The van der Waals surface area contributed by atoms with E-state index in [0.717, 1.165) is 6.42 Å². The molecule has 0 saturated carbocycles. The average Bonchev–Trinajstić information content (AvgIpc) is 2.41. The van der Waals surface area contributed by atoms with Crippen molar-refractivity contribution in [3.63, 3.8) is 0 Å². The Balaban J connectivity index is 4.09. The number of unbranched alkanes of at least 4 members (excludes halogenated alkanes) is 1. The van der Waals surface area contributed by atoms with E-state index in [0.29, 0.717) is 19.6 Å². The summed E-state index contributed by atoms with van der Waals surface area (Å²) in [5.41, 5.74) is 0. The smallest absolute Gasteiger partial charge is 0.375 e. The van der Waals surface area contributed by atoms with E-state index in [2.05, 4.69) is 13.2 Å². The molecular weight excluding hydrogens is 283 g/mol. The van der Waals surface area contributed by atoms with Gasteiger partial charge in [0.25, 0.3) is 0 Å². The summed E-state index contributed by atoms with van der Waals surface area (Å²) in [4.78, 5) is 9.47. The van der Waals surface area contributed by atoms with Gasteiger partial charge in [-0.1, -0.05) is 25.5 Å². The first-order valence-corrected chi connectivity index (χ1v) is 8.08. The van der Waals surface area contributed by atoms with Gasteiger partial charge in [-0.15, -0.1) is 13.2 Å². The van der Waals surface area contributed by atoms with Crippen LogP contribution in [0.2, 0.25) is 0 Å². The van der Waals surface area contributed by atoms with E-state index in [-0.39, 0.29) is 19.8 Å². The topological polar surface area (TPSA) is 74.2 Å². The lowest BCUT2D eigenvalue weighted by molar-refractivity contribution is -0.0282. The fourth-order valence-electron chi connectivity index (χ4n) is 1.17. The van der Waals surface area contributed by atoms with Crippen LogP contribution in [0.5, 0.6) is 0 Å². The molecule has 2 unspecified atom stereocenters. The minimum absolute atomic E-state index is 0.0924. The first-order chi connectivity index (χ1) is 9.55. The predicted molar refractivity (Wildman–Crippen MR) is 77.6 cm³/mol. The minimum Gasteiger partial charge on any atom is -0.375 e. The van der Waals surface area contributed by atoms with Crippen LogP contribution >= 0.6 is 7.82 Å². The lowest BCUT2D eigenvalue weighted by Crippen LogP contribution is -2.25. The van der Waals surface area contributed by atoms with Gasteiger partial charge in [-0.2, -0.15) is 0 Å². The Morgan fingerprint density at radius 2 is 1.90 bits per heavy atom. The molecular formula is C13H25O6P. The monoisotopic (exact) mass is 308 g/mol. The second-order valence-corrected chi connectivity index (χ2v) is 5.47. The van der Waals surface area contributed by atoms with E-state index in [9.17, 15) is 9.46 Å². The van der Waals surface area contributed by atoms with Gasteiger partial charge in [0, 0.05) is 0 Å². The first kappa shape index (κ1) is 19.5. The first-order valence-electron chi connectivity index (χ1n) is 6.58. The summed E-state index contributed by atoms with van der Waals surface area (Å²) in [5.74, 6) is 0. The highest BCUT2D eigenvalue weighted by molar-refractivity contribution is 7.47. The molecule has 118 valence electrons. The van der Waals surface area contributed by atoms with Crippen LogP contribution in [0.25, 0.3) is 0 Å². The molecule has 0 aliphatic heterocycles. The Kier molecular flexibility index (Phi) is 12.0. The van der Waals surface area contributed by atoms with E-state index < -0.39 is 13.9 Å². The second kappa shape index (κ2) is 12.3. The zero-order valence-corrected chi connectivity index (χ0v) is 12.9. The number of ether oxygens (including phenoxy) is 2. The van der Waals surface area contributed by atoms with Crippen LogP contribution in [-0.2, 0) is 23.1 Å². The highest BCUT2D eigenvalue weighted by atomic mass is 31.2. The molecule has 0 bridgehead atoms. The number of phosphoric ester groups is 1.